The molecule has 0 saturated carbocycles. The van der Waals surface area contributed by atoms with Crippen molar-refractivity contribution in [1.29, 1.82) is 0 Å². The van der Waals surface area contributed by atoms with Crippen LogP contribution in [0.2, 0.25) is 5.02 Å². The van der Waals surface area contributed by atoms with Gasteiger partial charge in [-0.05, 0) is 30.3 Å². The average molecular weight is 339 g/mol. The molecular formula is C16H10ClF3N2O. The molecule has 1 heterocycles. The third-order valence-electron chi connectivity index (χ3n) is 3.31. The minimum Gasteiger partial charge on any atom is -0.351 e. The quantitative estimate of drug-likeness (QED) is 0.671. The molecule has 0 aliphatic rings. The van der Waals surface area contributed by atoms with Crippen LogP contribution in [0.1, 0.15) is 16.1 Å². The summed E-state index contributed by atoms with van der Waals surface area (Å²) in [6, 6.07) is 11.9. The molecule has 0 unspecified atom stereocenters. The Balaban J connectivity index is 1.94. The Bertz CT molecular complexity index is 853. The van der Waals surface area contributed by atoms with Crippen LogP contribution in [0.25, 0.3) is 10.9 Å². The number of rotatable bonds is 2. The van der Waals surface area contributed by atoms with Crippen LogP contribution >= 0.6 is 11.6 Å². The standard InChI is InChI=1S/C16H10ClF3N2O/c17-10-5-6-13(11(8-10)16(18,19)20)22-15(23)14-7-9-3-1-2-4-12(9)21-14/h1-8,21H,(H,22,23). The third-order valence-corrected chi connectivity index (χ3v) is 3.54. The lowest BCUT2D eigenvalue weighted by molar-refractivity contribution is -0.136. The maximum Gasteiger partial charge on any atom is 0.418 e. The van der Waals surface area contributed by atoms with Gasteiger partial charge in [0.15, 0.2) is 0 Å². The molecule has 0 fully saturated rings. The molecular weight excluding hydrogens is 329 g/mol. The minimum atomic E-state index is -4.62. The van der Waals surface area contributed by atoms with Crippen molar-refractivity contribution >= 4 is 34.1 Å². The second kappa shape index (κ2) is 5.62. The summed E-state index contributed by atoms with van der Waals surface area (Å²) in [5, 5.41) is 3.01. The van der Waals surface area contributed by atoms with Crippen molar-refractivity contribution in [2.75, 3.05) is 5.32 Å². The fraction of sp³-hybridized carbons (Fsp3) is 0.0625. The Hall–Kier alpha value is -2.47. The van der Waals surface area contributed by atoms with E-state index < -0.39 is 17.6 Å². The van der Waals surface area contributed by atoms with E-state index in [1.807, 2.05) is 0 Å². The number of alkyl halides is 3. The molecule has 0 saturated heterocycles. The number of halogens is 4. The number of carbonyl (C=O) groups excluding carboxylic acids is 1. The Morgan fingerprint density at radius 3 is 2.52 bits per heavy atom. The van der Waals surface area contributed by atoms with Gasteiger partial charge in [-0.3, -0.25) is 4.79 Å². The Morgan fingerprint density at radius 1 is 1.09 bits per heavy atom. The van der Waals surface area contributed by atoms with Crippen molar-refractivity contribution in [2.45, 2.75) is 6.18 Å². The van der Waals surface area contributed by atoms with Gasteiger partial charge in [-0.25, -0.2) is 0 Å². The van der Waals surface area contributed by atoms with E-state index in [2.05, 4.69) is 10.3 Å². The summed E-state index contributed by atoms with van der Waals surface area (Å²) in [4.78, 5) is 15.1. The predicted molar refractivity (Wildman–Crippen MR) is 82.7 cm³/mol. The number of hydrogen-bond donors (Lipinski definition) is 2. The number of nitrogens with one attached hydrogen (secondary N) is 2. The predicted octanol–water partition coefficient (Wildman–Crippen LogP) is 5.09. The second-order valence-corrected chi connectivity index (χ2v) is 5.35. The first kappa shape index (κ1) is 15.4. The van der Waals surface area contributed by atoms with E-state index in [0.717, 1.165) is 23.0 Å². The molecule has 0 aliphatic heterocycles. The number of aromatic nitrogens is 1. The van der Waals surface area contributed by atoms with Crippen LogP contribution in [0, 0.1) is 0 Å². The van der Waals surface area contributed by atoms with Crippen LogP contribution in [0.5, 0.6) is 0 Å². The van der Waals surface area contributed by atoms with E-state index in [-0.39, 0.29) is 16.4 Å². The number of para-hydroxylation sites is 1. The van der Waals surface area contributed by atoms with Crippen molar-refractivity contribution in [3.63, 3.8) is 0 Å². The summed E-state index contributed by atoms with van der Waals surface area (Å²) >= 11 is 5.61. The number of hydrogen-bond acceptors (Lipinski definition) is 1. The van der Waals surface area contributed by atoms with E-state index in [0.29, 0.717) is 0 Å². The summed E-state index contributed by atoms with van der Waals surface area (Å²) in [7, 11) is 0. The lowest BCUT2D eigenvalue weighted by Crippen LogP contribution is -2.17. The highest BCUT2D eigenvalue weighted by molar-refractivity contribution is 6.30. The fourth-order valence-electron chi connectivity index (χ4n) is 2.25. The minimum absolute atomic E-state index is 0.0547. The summed E-state index contributed by atoms with van der Waals surface area (Å²) in [5.74, 6) is -0.658. The first-order valence-electron chi connectivity index (χ1n) is 6.60. The number of H-pyrrole nitrogens is 1. The lowest BCUT2D eigenvalue weighted by atomic mass is 10.1. The molecule has 2 N–H and O–H groups in total. The normalized spacial score (nSPS) is 11.7. The van der Waals surface area contributed by atoms with Gasteiger partial charge in [-0.15, -0.1) is 0 Å². The first-order valence-corrected chi connectivity index (χ1v) is 6.98. The zero-order chi connectivity index (χ0) is 16.6. The molecule has 3 nitrogen and oxygen atoms in total. The van der Waals surface area contributed by atoms with Crippen LogP contribution in [-0.2, 0) is 6.18 Å². The number of amides is 1. The molecule has 1 aromatic heterocycles. The molecule has 1 amide bonds. The smallest absolute Gasteiger partial charge is 0.351 e. The lowest BCUT2D eigenvalue weighted by Gasteiger charge is -2.13. The van der Waals surface area contributed by atoms with Gasteiger partial charge in [0.2, 0.25) is 0 Å². The van der Waals surface area contributed by atoms with E-state index in [1.54, 1.807) is 30.3 Å². The highest BCUT2D eigenvalue weighted by Crippen LogP contribution is 2.36. The number of carbonyl (C=O) groups is 1. The van der Waals surface area contributed by atoms with Crippen molar-refractivity contribution in [1.82, 2.24) is 4.98 Å². The van der Waals surface area contributed by atoms with Gasteiger partial charge in [-0.2, -0.15) is 13.2 Å². The van der Waals surface area contributed by atoms with Crippen LogP contribution < -0.4 is 5.32 Å². The average Bonchev–Trinajstić information content (AvgIpc) is 2.92. The van der Waals surface area contributed by atoms with Crippen LogP contribution in [0.4, 0.5) is 18.9 Å². The molecule has 2 aromatic carbocycles. The van der Waals surface area contributed by atoms with Gasteiger partial charge in [0.05, 0.1) is 11.3 Å². The Labute approximate surface area is 134 Å². The summed E-state index contributed by atoms with van der Waals surface area (Å²) < 4.78 is 39.1. The number of aromatic amines is 1. The topological polar surface area (TPSA) is 44.9 Å². The van der Waals surface area contributed by atoms with Gasteiger partial charge in [-0.1, -0.05) is 29.8 Å². The number of benzene rings is 2. The van der Waals surface area contributed by atoms with E-state index in [9.17, 15) is 18.0 Å². The van der Waals surface area contributed by atoms with Gasteiger partial charge >= 0.3 is 6.18 Å². The van der Waals surface area contributed by atoms with Crippen molar-refractivity contribution < 1.29 is 18.0 Å². The summed E-state index contributed by atoms with van der Waals surface area (Å²) in [6.07, 6.45) is -4.62. The highest BCUT2D eigenvalue weighted by Gasteiger charge is 2.34. The van der Waals surface area contributed by atoms with Crippen molar-refractivity contribution in [3.8, 4) is 0 Å². The van der Waals surface area contributed by atoms with Gasteiger partial charge in [0.25, 0.3) is 5.91 Å². The van der Waals surface area contributed by atoms with Crippen molar-refractivity contribution in [3.05, 3.63) is 64.8 Å². The zero-order valence-electron chi connectivity index (χ0n) is 11.5. The van der Waals surface area contributed by atoms with Gasteiger partial charge in [0.1, 0.15) is 5.69 Å². The first-order chi connectivity index (χ1) is 10.8. The van der Waals surface area contributed by atoms with E-state index in [1.165, 1.54) is 6.07 Å². The Kier molecular flexibility index (Phi) is 3.77. The molecule has 7 heteroatoms. The monoisotopic (exact) mass is 338 g/mol. The van der Waals surface area contributed by atoms with Crippen molar-refractivity contribution in [2.24, 2.45) is 0 Å². The van der Waals surface area contributed by atoms with Crippen LogP contribution in [0.15, 0.2) is 48.5 Å². The van der Waals surface area contributed by atoms with Gasteiger partial charge < -0.3 is 10.3 Å². The summed E-state index contributed by atoms with van der Waals surface area (Å²) in [5.41, 5.74) is -0.431. The molecule has 3 aromatic rings. The fourth-order valence-corrected chi connectivity index (χ4v) is 2.42. The van der Waals surface area contributed by atoms with E-state index >= 15 is 0 Å². The largest absolute Gasteiger partial charge is 0.418 e. The highest BCUT2D eigenvalue weighted by atomic mass is 35.5. The molecule has 23 heavy (non-hydrogen) atoms. The number of fused-ring (bicyclic) bond motifs is 1. The van der Waals surface area contributed by atoms with Crippen LogP contribution in [-0.4, -0.2) is 10.9 Å². The maximum atomic E-state index is 13.0. The number of anilines is 1. The molecule has 0 bridgehead atoms. The second-order valence-electron chi connectivity index (χ2n) is 4.91. The molecule has 118 valence electrons. The zero-order valence-corrected chi connectivity index (χ0v) is 12.3. The van der Waals surface area contributed by atoms with E-state index in [4.69, 9.17) is 11.6 Å². The molecule has 0 spiro atoms. The SMILES string of the molecule is O=C(Nc1ccc(Cl)cc1C(F)(F)F)c1cc2ccccc2[nH]1. The maximum absolute atomic E-state index is 13.0. The molecule has 3 rings (SSSR count). The molecule has 0 aliphatic carbocycles. The van der Waals surface area contributed by atoms with Crippen LogP contribution in [0.3, 0.4) is 0 Å². The summed E-state index contributed by atoms with van der Waals surface area (Å²) in [6.45, 7) is 0. The molecule has 0 radical (unpaired) electrons. The molecule has 0 atom stereocenters. The Morgan fingerprint density at radius 2 is 1.83 bits per heavy atom. The third kappa shape index (κ3) is 3.17. The van der Waals surface area contributed by atoms with Gasteiger partial charge in [0, 0.05) is 15.9 Å².